The van der Waals surface area contributed by atoms with Gasteiger partial charge in [-0.15, -0.1) is 10.2 Å². The molecule has 1 atom stereocenters. The number of nitrogens with zero attached hydrogens (tertiary/aromatic N) is 2. The summed E-state index contributed by atoms with van der Waals surface area (Å²) < 4.78 is 0. The normalized spacial score (nSPS) is 15.4. The van der Waals surface area contributed by atoms with Gasteiger partial charge in [0.15, 0.2) is 0 Å². The summed E-state index contributed by atoms with van der Waals surface area (Å²) in [6.45, 7) is 2.13. The summed E-state index contributed by atoms with van der Waals surface area (Å²) in [5.74, 6) is 0.527. The molecule has 3 rings (SSSR count). The number of hydrogen-bond donors (Lipinski definition) is 3. The molecule has 0 bridgehead atoms. The Labute approximate surface area is 132 Å². The third kappa shape index (κ3) is 3.80. The Morgan fingerprint density at radius 3 is 2.77 bits per heavy atom. The number of carbonyl (C=O) groups excluding carboxylic acids is 1. The van der Waals surface area contributed by atoms with E-state index in [0.29, 0.717) is 11.0 Å². The molecule has 0 spiro atoms. The summed E-state index contributed by atoms with van der Waals surface area (Å²) in [7, 11) is 0. The van der Waals surface area contributed by atoms with E-state index in [0.717, 1.165) is 29.0 Å². The molecule has 0 radical (unpaired) electrons. The maximum atomic E-state index is 11.8. The standard InChI is InChI=1S/C15H18N4O2S/c1-9-2-4-10(5-3-9)12(20)8-16-14(21)17-15-19-18-13(22-15)11-6-7-11/h2-5,11-12,20H,6-8H2,1H3,(H2,16,17,19,21)/t12-/m1/s1. The average molecular weight is 318 g/mol. The number of hydrogen-bond acceptors (Lipinski definition) is 5. The van der Waals surface area contributed by atoms with Crippen molar-refractivity contribution in [3.05, 3.63) is 40.4 Å². The van der Waals surface area contributed by atoms with Crippen molar-refractivity contribution in [1.82, 2.24) is 15.5 Å². The fraction of sp³-hybridized carbons (Fsp3) is 0.400. The number of carbonyl (C=O) groups is 1. The van der Waals surface area contributed by atoms with Crippen LogP contribution in [0, 0.1) is 6.92 Å². The number of aryl methyl sites for hydroxylation is 1. The number of urea groups is 1. The van der Waals surface area contributed by atoms with Crippen molar-refractivity contribution in [2.75, 3.05) is 11.9 Å². The van der Waals surface area contributed by atoms with Crippen LogP contribution in [0.15, 0.2) is 24.3 Å². The topological polar surface area (TPSA) is 87.1 Å². The lowest BCUT2D eigenvalue weighted by molar-refractivity contribution is 0.175. The minimum Gasteiger partial charge on any atom is -0.387 e. The lowest BCUT2D eigenvalue weighted by atomic mass is 10.1. The van der Waals surface area contributed by atoms with Gasteiger partial charge in [-0.3, -0.25) is 5.32 Å². The highest BCUT2D eigenvalue weighted by atomic mass is 32.1. The summed E-state index contributed by atoms with van der Waals surface area (Å²) >= 11 is 1.41. The first-order chi connectivity index (χ1) is 10.6. The van der Waals surface area contributed by atoms with Gasteiger partial charge in [-0.05, 0) is 25.3 Å². The van der Waals surface area contributed by atoms with E-state index in [1.165, 1.54) is 11.3 Å². The second-order valence-electron chi connectivity index (χ2n) is 5.48. The van der Waals surface area contributed by atoms with Crippen molar-refractivity contribution in [3.63, 3.8) is 0 Å². The molecule has 1 fully saturated rings. The minimum atomic E-state index is -0.734. The van der Waals surface area contributed by atoms with E-state index in [-0.39, 0.29) is 12.6 Å². The summed E-state index contributed by atoms with van der Waals surface area (Å²) in [6, 6.07) is 7.18. The molecule has 22 heavy (non-hydrogen) atoms. The molecule has 0 aliphatic heterocycles. The van der Waals surface area contributed by atoms with Crippen LogP contribution in [-0.4, -0.2) is 27.9 Å². The lowest BCUT2D eigenvalue weighted by Gasteiger charge is -2.12. The van der Waals surface area contributed by atoms with Crippen LogP contribution in [0.25, 0.3) is 0 Å². The molecule has 116 valence electrons. The summed E-state index contributed by atoms with van der Waals surface area (Å²) in [5.41, 5.74) is 1.90. The molecular weight excluding hydrogens is 300 g/mol. The fourth-order valence-electron chi connectivity index (χ4n) is 2.02. The zero-order valence-corrected chi connectivity index (χ0v) is 13.1. The van der Waals surface area contributed by atoms with Gasteiger partial charge in [-0.1, -0.05) is 41.2 Å². The average Bonchev–Trinajstić information content (AvgIpc) is 3.26. The molecule has 1 aromatic carbocycles. The fourth-order valence-corrected chi connectivity index (χ4v) is 2.92. The number of amides is 2. The highest BCUT2D eigenvalue weighted by Gasteiger charge is 2.27. The molecule has 1 saturated carbocycles. The van der Waals surface area contributed by atoms with Gasteiger partial charge in [-0.2, -0.15) is 0 Å². The molecule has 2 aromatic rings. The van der Waals surface area contributed by atoms with Crippen molar-refractivity contribution in [2.24, 2.45) is 0 Å². The van der Waals surface area contributed by atoms with Crippen molar-refractivity contribution in [2.45, 2.75) is 31.8 Å². The smallest absolute Gasteiger partial charge is 0.321 e. The number of anilines is 1. The predicted molar refractivity (Wildman–Crippen MR) is 85.0 cm³/mol. The second-order valence-corrected chi connectivity index (χ2v) is 6.49. The number of aliphatic hydroxyl groups is 1. The van der Waals surface area contributed by atoms with Crippen LogP contribution in [0.2, 0.25) is 0 Å². The van der Waals surface area contributed by atoms with E-state index in [4.69, 9.17) is 0 Å². The lowest BCUT2D eigenvalue weighted by Crippen LogP contribution is -2.32. The zero-order valence-electron chi connectivity index (χ0n) is 12.2. The van der Waals surface area contributed by atoms with Crippen LogP contribution in [0.5, 0.6) is 0 Å². The largest absolute Gasteiger partial charge is 0.387 e. The molecule has 1 aliphatic carbocycles. The summed E-state index contributed by atoms with van der Waals surface area (Å²) in [6.07, 6.45) is 1.58. The number of nitrogens with one attached hydrogen (secondary N) is 2. The van der Waals surface area contributed by atoms with Gasteiger partial charge >= 0.3 is 6.03 Å². The number of benzene rings is 1. The van der Waals surface area contributed by atoms with Gasteiger partial charge in [0.2, 0.25) is 5.13 Å². The first-order valence-corrected chi connectivity index (χ1v) is 8.06. The molecular formula is C15H18N4O2S. The molecule has 1 heterocycles. The molecule has 7 heteroatoms. The van der Waals surface area contributed by atoms with Crippen LogP contribution in [0.3, 0.4) is 0 Å². The van der Waals surface area contributed by atoms with Crippen molar-refractivity contribution in [1.29, 1.82) is 0 Å². The summed E-state index contributed by atoms with van der Waals surface area (Å²) in [4.78, 5) is 11.8. The minimum absolute atomic E-state index is 0.142. The van der Waals surface area contributed by atoms with Gasteiger partial charge in [0.1, 0.15) is 5.01 Å². The van der Waals surface area contributed by atoms with Crippen LogP contribution in [0.1, 0.15) is 41.0 Å². The van der Waals surface area contributed by atoms with E-state index in [1.54, 1.807) is 0 Å². The molecule has 6 nitrogen and oxygen atoms in total. The maximum Gasteiger partial charge on any atom is 0.321 e. The van der Waals surface area contributed by atoms with Crippen molar-refractivity contribution >= 4 is 22.5 Å². The SMILES string of the molecule is Cc1ccc([C@H](O)CNC(=O)Nc2nnc(C3CC3)s2)cc1. The Kier molecular flexibility index (Phi) is 4.35. The molecule has 3 N–H and O–H groups in total. The predicted octanol–water partition coefficient (Wildman–Crippen LogP) is 2.58. The molecule has 2 amide bonds. The summed E-state index contributed by atoms with van der Waals surface area (Å²) in [5, 5.41) is 24.8. The second kappa shape index (κ2) is 6.41. The van der Waals surface area contributed by atoms with Crippen LogP contribution >= 0.6 is 11.3 Å². The van der Waals surface area contributed by atoms with Crippen LogP contribution in [-0.2, 0) is 0 Å². The Bertz CT molecular complexity index is 652. The van der Waals surface area contributed by atoms with Crippen molar-refractivity contribution < 1.29 is 9.90 Å². The number of aromatic nitrogens is 2. The molecule has 0 saturated heterocycles. The third-order valence-corrected chi connectivity index (χ3v) is 4.51. The van der Waals surface area contributed by atoms with Gasteiger partial charge in [0.05, 0.1) is 6.10 Å². The number of rotatable bonds is 5. The van der Waals surface area contributed by atoms with E-state index < -0.39 is 6.10 Å². The first kappa shape index (κ1) is 14.9. The van der Waals surface area contributed by atoms with Crippen LogP contribution in [0.4, 0.5) is 9.93 Å². The third-order valence-electron chi connectivity index (χ3n) is 3.51. The van der Waals surface area contributed by atoms with Gasteiger partial charge in [0, 0.05) is 12.5 Å². The Morgan fingerprint density at radius 1 is 1.36 bits per heavy atom. The molecule has 1 aliphatic rings. The molecule has 0 unspecified atom stereocenters. The van der Waals surface area contributed by atoms with Crippen molar-refractivity contribution in [3.8, 4) is 0 Å². The van der Waals surface area contributed by atoms with Gasteiger partial charge < -0.3 is 10.4 Å². The monoisotopic (exact) mass is 318 g/mol. The quantitative estimate of drug-likeness (QED) is 0.791. The van der Waals surface area contributed by atoms with E-state index in [1.807, 2.05) is 31.2 Å². The Hall–Kier alpha value is -1.99. The zero-order chi connectivity index (χ0) is 15.5. The first-order valence-electron chi connectivity index (χ1n) is 7.24. The van der Waals surface area contributed by atoms with Crippen LogP contribution < -0.4 is 10.6 Å². The van der Waals surface area contributed by atoms with E-state index in [9.17, 15) is 9.90 Å². The molecule has 1 aromatic heterocycles. The highest BCUT2D eigenvalue weighted by Crippen LogP contribution is 2.41. The maximum absolute atomic E-state index is 11.8. The van der Waals surface area contributed by atoms with Gasteiger partial charge in [0.25, 0.3) is 0 Å². The van der Waals surface area contributed by atoms with E-state index in [2.05, 4.69) is 20.8 Å². The number of aliphatic hydroxyl groups excluding tert-OH is 1. The Morgan fingerprint density at radius 2 is 2.09 bits per heavy atom. The van der Waals surface area contributed by atoms with Gasteiger partial charge in [-0.25, -0.2) is 4.79 Å². The highest BCUT2D eigenvalue weighted by molar-refractivity contribution is 7.15. The van der Waals surface area contributed by atoms with E-state index >= 15 is 0 Å². The Balaban J connectivity index is 1.47.